The second-order valence-electron chi connectivity index (χ2n) is 5.87. The molecule has 114 valence electrons. The van der Waals surface area contributed by atoms with Crippen molar-refractivity contribution in [3.8, 4) is 0 Å². The third-order valence-corrected chi connectivity index (χ3v) is 4.62. The molecule has 3 nitrogen and oxygen atoms in total. The predicted molar refractivity (Wildman–Crippen MR) is 76.1 cm³/mol. The van der Waals surface area contributed by atoms with Gasteiger partial charge in [0.2, 0.25) is 0 Å². The molecular formula is C16H20F2N2O. The first-order chi connectivity index (χ1) is 10.2. The Bertz CT molecular complexity index is 521. The fourth-order valence-electron chi connectivity index (χ4n) is 3.40. The minimum Gasteiger partial charge on any atom is -0.336 e. The van der Waals surface area contributed by atoms with Crippen molar-refractivity contribution >= 4 is 5.91 Å². The zero-order chi connectivity index (χ0) is 14.8. The van der Waals surface area contributed by atoms with E-state index in [1.54, 1.807) is 4.90 Å². The lowest BCUT2D eigenvalue weighted by molar-refractivity contribution is 0.0568. The molecular weight excluding hydrogens is 274 g/mol. The predicted octanol–water partition coefficient (Wildman–Crippen LogP) is 2.67. The number of nitrogens with zero attached hydrogens (tertiary/aromatic N) is 2. The van der Waals surface area contributed by atoms with Crippen LogP contribution in [-0.4, -0.2) is 47.9 Å². The Balaban J connectivity index is 1.63. The van der Waals surface area contributed by atoms with Gasteiger partial charge in [0.25, 0.3) is 5.91 Å². The lowest BCUT2D eigenvalue weighted by Crippen LogP contribution is -2.51. The molecule has 0 unspecified atom stereocenters. The Morgan fingerprint density at radius 3 is 2.38 bits per heavy atom. The Hall–Kier alpha value is -1.49. The second kappa shape index (κ2) is 6.10. The number of amides is 1. The first-order valence-electron chi connectivity index (χ1n) is 7.64. The van der Waals surface area contributed by atoms with Crippen LogP contribution in [0, 0.1) is 11.6 Å². The van der Waals surface area contributed by atoms with E-state index in [-0.39, 0.29) is 5.56 Å². The number of hydrogen-bond donors (Lipinski definition) is 0. The van der Waals surface area contributed by atoms with E-state index in [0.717, 1.165) is 19.2 Å². The number of halogens is 2. The maximum atomic E-state index is 13.7. The van der Waals surface area contributed by atoms with E-state index in [0.29, 0.717) is 19.1 Å². The van der Waals surface area contributed by atoms with Gasteiger partial charge in [0, 0.05) is 32.2 Å². The van der Waals surface area contributed by atoms with Crippen LogP contribution in [0.25, 0.3) is 0 Å². The quantitative estimate of drug-likeness (QED) is 0.837. The first kappa shape index (κ1) is 14.4. The van der Waals surface area contributed by atoms with Crippen molar-refractivity contribution in [2.75, 3.05) is 26.2 Å². The monoisotopic (exact) mass is 294 g/mol. The molecule has 1 heterocycles. The van der Waals surface area contributed by atoms with E-state index in [1.807, 2.05) is 0 Å². The molecule has 1 aromatic rings. The summed E-state index contributed by atoms with van der Waals surface area (Å²) in [5, 5.41) is 0. The van der Waals surface area contributed by atoms with Gasteiger partial charge in [-0.3, -0.25) is 9.69 Å². The summed E-state index contributed by atoms with van der Waals surface area (Å²) in [6, 6.07) is 4.41. The first-order valence-corrected chi connectivity index (χ1v) is 7.64. The second-order valence-corrected chi connectivity index (χ2v) is 5.87. The van der Waals surface area contributed by atoms with Crippen LogP contribution >= 0.6 is 0 Å². The Labute approximate surface area is 123 Å². The van der Waals surface area contributed by atoms with Crippen molar-refractivity contribution < 1.29 is 13.6 Å². The molecule has 1 saturated carbocycles. The average Bonchev–Trinajstić information content (AvgIpc) is 3.04. The molecule has 1 aliphatic heterocycles. The van der Waals surface area contributed by atoms with Gasteiger partial charge in [-0.1, -0.05) is 18.9 Å². The third-order valence-electron chi connectivity index (χ3n) is 4.62. The van der Waals surface area contributed by atoms with Crippen molar-refractivity contribution in [3.05, 3.63) is 35.4 Å². The fraction of sp³-hybridized carbons (Fsp3) is 0.562. The van der Waals surface area contributed by atoms with Crippen LogP contribution in [0.1, 0.15) is 36.0 Å². The Kier molecular flexibility index (Phi) is 4.19. The number of rotatable bonds is 2. The molecule has 2 fully saturated rings. The summed E-state index contributed by atoms with van der Waals surface area (Å²) in [4.78, 5) is 16.4. The number of benzene rings is 1. The van der Waals surface area contributed by atoms with E-state index in [4.69, 9.17) is 0 Å². The molecule has 1 amide bonds. The zero-order valence-corrected chi connectivity index (χ0v) is 12.0. The van der Waals surface area contributed by atoms with E-state index in [2.05, 4.69) is 4.90 Å². The Morgan fingerprint density at radius 2 is 1.71 bits per heavy atom. The highest BCUT2D eigenvalue weighted by atomic mass is 19.2. The van der Waals surface area contributed by atoms with Gasteiger partial charge in [0.05, 0.1) is 5.56 Å². The molecule has 1 saturated heterocycles. The van der Waals surface area contributed by atoms with Gasteiger partial charge >= 0.3 is 0 Å². The van der Waals surface area contributed by atoms with Gasteiger partial charge in [0.15, 0.2) is 11.6 Å². The third kappa shape index (κ3) is 2.93. The van der Waals surface area contributed by atoms with Gasteiger partial charge in [-0.25, -0.2) is 8.78 Å². The van der Waals surface area contributed by atoms with Crippen molar-refractivity contribution in [2.24, 2.45) is 0 Å². The molecule has 2 aliphatic rings. The van der Waals surface area contributed by atoms with Crippen LogP contribution in [0.2, 0.25) is 0 Å². The molecule has 1 aromatic carbocycles. The molecule has 5 heteroatoms. The lowest BCUT2D eigenvalue weighted by Gasteiger charge is -2.38. The number of piperazine rings is 1. The van der Waals surface area contributed by atoms with Gasteiger partial charge in [-0.05, 0) is 25.0 Å². The normalized spacial score (nSPS) is 21.0. The highest BCUT2D eigenvalue weighted by molar-refractivity contribution is 5.94. The average molecular weight is 294 g/mol. The molecule has 0 N–H and O–H groups in total. The summed E-state index contributed by atoms with van der Waals surface area (Å²) in [6.45, 7) is 2.83. The maximum Gasteiger partial charge on any atom is 0.257 e. The summed E-state index contributed by atoms with van der Waals surface area (Å²) in [5.41, 5.74) is -0.163. The lowest BCUT2D eigenvalue weighted by atomic mass is 10.1. The molecule has 3 rings (SSSR count). The topological polar surface area (TPSA) is 23.6 Å². The van der Waals surface area contributed by atoms with Crippen LogP contribution in [-0.2, 0) is 0 Å². The van der Waals surface area contributed by atoms with Gasteiger partial charge in [-0.2, -0.15) is 0 Å². The van der Waals surface area contributed by atoms with Crippen LogP contribution < -0.4 is 0 Å². The summed E-state index contributed by atoms with van der Waals surface area (Å²) >= 11 is 0. The molecule has 0 spiro atoms. The number of hydrogen-bond acceptors (Lipinski definition) is 2. The molecule has 0 aromatic heterocycles. The maximum absolute atomic E-state index is 13.7. The van der Waals surface area contributed by atoms with Gasteiger partial charge in [-0.15, -0.1) is 0 Å². The summed E-state index contributed by atoms with van der Waals surface area (Å²) < 4.78 is 26.9. The van der Waals surface area contributed by atoms with E-state index in [9.17, 15) is 13.6 Å². The van der Waals surface area contributed by atoms with Crippen molar-refractivity contribution in [2.45, 2.75) is 31.7 Å². The van der Waals surface area contributed by atoms with Gasteiger partial charge in [0.1, 0.15) is 0 Å². The molecule has 1 aliphatic carbocycles. The molecule has 0 atom stereocenters. The minimum atomic E-state index is -1.04. The van der Waals surface area contributed by atoms with Gasteiger partial charge < -0.3 is 4.90 Å². The highest BCUT2D eigenvalue weighted by Gasteiger charge is 2.29. The van der Waals surface area contributed by atoms with Crippen LogP contribution in [0.3, 0.4) is 0 Å². The summed E-state index contributed by atoms with van der Waals surface area (Å²) in [6.07, 6.45) is 5.07. The number of carbonyl (C=O) groups excluding carboxylic acids is 1. The van der Waals surface area contributed by atoms with Crippen LogP contribution in [0.5, 0.6) is 0 Å². The van der Waals surface area contributed by atoms with E-state index < -0.39 is 17.5 Å². The zero-order valence-electron chi connectivity index (χ0n) is 12.0. The van der Waals surface area contributed by atoms with Crippen LogP contribution in [0.15, 0.2) is 18.2 Å². The Morgan fingerprint density at radius 1 is 1.05 bits per heavy atom. The van der Waals surface area contributed by atoms with Crippen LogP contribution in [0.4, 0.5) is 8.78 Å². The number of carbonyl (C=O) groups is 1. The van der Waals surface area contributed by atoms with Crippen molar-refractivity contribution in [1.82, 2.24) is 9.80 Å². The minimum absolute atomic E-state index is 0.163. The standard InChI is InChI=1S/C16H20F2N2O/c17-14-7-3-6-13(15(14)18)16(21)20-10-8-19(9-11-20)12-4-1-2-5-12/h3,6-7,12H,1-2,4-5,8-11H2. The highest BCUT2D eigenvalue weighted by Crippen LogP contribution is 2.24. The summed E-state index contributed by atoms with van der Waals surface area (Å²) in [7, 11) is 0. The molecule has 21 heavy (non-hydrogen) atoms. The largest absolute Gasteiger partial charge is 0.336 e. The fourth-order valence-corrected chi connectivity index (χ4v) is 3.40. The molecule has 0 bridgehead atoms. The summed E-state index contributed by atoms with van der Waals surface area (Å²) in [5.74, 6) is -2.41. The van der Waals surface area contributed by atoms with Crippen molar-refractivity contribution in [3.63, 3.8) is 0 Å². The van der Waals surface area contributed by atoms with E-state index in [1.165, 1.54) is 37.8 Å². The van der Waals surface area contributed by atoms with E-state index >= 15 is 0 Å². The van der Waals surface area contributed by atoms with Crippen molar-refractivity contribution in [1.29, 1.82) is 0 Å². The molecule has 0 radical (unpaired) electrons. The smallest absolute Gasteiger partial charge is 0.257 e. The SMILES string of the molecule is O=C(c1cccc(F)c1F)N1CCN(C2CCCC2)CC1.